The molecule has 0 unspecified atom stereocenters. The van der Waals surface area contributed by atoms with E-state index < -0.39 is 0 Å². The molecule has 45 valence electrons. The molecule has 0 aromatic carbocycles. The third-order valence-corrected chi connectivity index (χ3v) is 1.69. The molecule has 9 heavy (non-hydrogen) atoms. The lowest BCUT2D eigenvalue weighted by Gasteiger charge is -1.90. The van der Waals surface area contributed by atoms with Crippen molar-refractivity contribution in [2.75, 3.05) is 0 Å². The van der Waals surface area contributed by atoms with Gasteiger partial charge in [0.05, 0.1) is 0 Å². The molecule has 0 amide bonds. The number of hydrogen-bond acceptors (Lipinski definition) is 2. The van der Waals surface area contributed by atoms with Gasteiger partial charge < -0.3 is 0 Å². The zero-order chi connectivity index (χ0) is 6.10. The third-order valence-electron chi connectivity index (χ3n) is 1.69. The van der Waals surface area contributed by atoms with Crippen LogP contribution in [0.2, 0.25) is 0 Å². The molecule has 2 nitrogen and oxygen atoms in total. The van der Waals surface area contributed by atoms with Crippen LogP contribution in [0.15, 0.2) is 6.20 Å². The fourth-order valence-electron chi connectivity index (χ4n) is 1.21. The van der Waals surface area contributed by atoms with E-state index in [1.807, 2.05) is 6.20 Å². The Balaban J connectivity index is 2.54. The number of fused-ring (bicyclic) bond motifs is 1. The van der Waals surface area contributed by atoms with Gasteiger partial charge in [-0.1, -0.05) is 0 Å². The molecular formula is C7H7N2. The molecule has 0 aliphatic heterocycles. The van der Waals surface area contributed by atoms with E-state index in [-0.39, 0.29) is 0 Å². The van der Waals surface area contributed by atoms with Crippen molar-refractivity contribution in [1.29, 1.82) is 0 Å². The summed E-state index contributed by atoms with van der Waals surface area (Å²) in [6.45, 7) is 0. The van der Waals surface area contributed by atoms with Crippen LogP contribution in [0.25, 0.3) is 0 Å². The van der Waals surface area contributed by atoms with E-state index in [1.165, 1.54) is 17.7 Å². The Hall–Kier alpha value is -0.920. The maximum absolute atomic E-state index is 4.02. The van der Waals surface area contributed by atoms with Crippen molar-refractivity contribution in [1.82, 2.24) is 9.97 Å². The second-order valence-electron chi connectivity index (χ2n) is 2.30. The van der Waals surface area contributed by atoms with E-state index in [0.717, 1.165) is 12.8 Å². The first-order valence-electron chi connectivity index (χ1n) is 3.17. The summed E-state index contributed by atoms with van der Waals surface area (Å²) in [5.74, 6) is 0. The van der Waals surface area contributed by atoms with Gasteiger partial charge in [-0.15, -0.1) is 0 Å². The van der Waals surface area contributed by atoms with Gasteiger partial charge in [-0.2, -0.15) is 0 Å². The van der Waals surface area contributed by atoms with Gasteiger partial charge in [0, 0.05) is 11.9 Å². The molecule has 1 heterocycles. The van der Waals surface area contributed by atoms with E-state index >= 15 is 0 Å². The molecule has 0 spiro atoms. The van der Waals surface area contributed by atoms with E-state index in [4.69, 9.17) is 0 Å². The smallest absolute Gasteiger partial charge is 0.197 e. The predicted octanol–water partition coefficient (Wildman–Crippen LogP) is 0.765. The Kier molecular flexibility index (Phi) is 0.979. The third kappa shape index (κ3) is 0.707. The zero-order valence-corrected chi connectivity index (χ0v) is 5.09. The largest absolute Gasteiger partial charge is 0.233 e. The lowest BCUT2D eigenvalue weighted by molar-refractivity contribution is 0.899. The van der Waals surface area contributed by atoms with Crippen molar-refractivity contribution in [2.45, 2.75) is 19.3 Å². The molecule has 0 fully saturated rings. The van der Waals surface area contributed by atoms with Crippen molar-refractivity contribution in [3.63, 3.8) is 0 Å². The first-order chi connectivity index (χ1) is 4.47. The minimum atomic E-state index is 1.12. The number of hydrogen-bond donors (Lipinski definition) is 0. The minimum absolute atomic E-state index is 1.12. The molecule has 0 saturated heterocycles. The van der Waals surface area contributed by atoms with Gasteiger partial charge in [-0.05, 0) is 24.8 Å². The fourth-order valence-corrected chi connectivity index (χ4v) is 1.21. The second-order valence-corrected chi connectivity index (χ2v) is 2.30. The summed E-state index contributed by atoms with van der Waals surface area (Å²) in [5.41, 5.74) is 2.51. The van der Waals surface area contributed by atoms with Gasteiger partial charge in [0.1, 0.15) is 0 Å². The molecule has 1 radical (unpaired) electrons. The maximum atomic E-state index is 4.02. The summed E-state index contributed by atoms with van der Waals surface area (Å²) < 4.78 is 0. The van der Waals surface area contributed by atoms with Crippen LogP contribution in [-0.4, -0.2) is 9.97 Å². The molecule has 2 heteroatoms. The van der Waals surface area contributed by atoms with E-state index in [9.17, 15) is 0 Å². The van der Waals surface area contributed by atoms with Crippen LogP contribution in [0, 0.1) is 6.33 Å². The molecule has 1 aliphatic carbocycles. The molecule has 1 aromatic heterocycles. The second kappa shape index (κ2) is 1.79. The van der Waals surface area contributed by atoms with Crippen molar-refractivity contribution < 1.29 is 0 Å². The van der Waals surface area contributed by atoms with Gasteiger partial charge >= 0.3 is 0 Å². The van der Waals surface area contributed by atoms with E-state index in [2.05, 4.69) is 16.3 Å². The maximum Gasteiger partial charge on any atom is 0.197 e. The van der Waals surface area contributed by atoms with E-state index in [0.29, 0.717) is 0 Å². The molecule has 0 atom stereocenters. The zero-order valence-electron chi connectivity index (χ0n) is 5.09. The fraction of sp³-hybridized carbons (Fsp3) is 0.429. The normalized spacial score (nSPS) is 15.6. The van der Waals surface area contributed by atoms with Crippen LogP contribution in [0.4, 0.5) is 0 Å². The van der Waals surface area contributed by atoms with Crippen LogP contribution < -0.4 is 0 Å². The SMILES string of the molecule is [c]1ncc2c(n1)CCC2. The number of rotatable bonds is 0. The summed E-state index contributed by atoms with van der Waals surface area (Å²) in [7, 11) is 0. The summed E-state index contributed by atoms with van der Waals surface area (Å²) in [6, 6.07) is 0. The molecule has 2 rings (SSSR count). The lowest BCUT2D eigenvalue weighted by Crippen LogP contribution is -1.87. The summed E-state index contributed by atoms with van der Waals surface area (Å²) >= 11 is 0. The predicted molar refractivity (Wildman–Crippen MR) is 32.9 cm³/mol. The molecule has 0 saturated carbocycles. The first-order valence-corrected chi connectivity index (χ1v) is 3.17. The summed E-state index contributed by atoms with van der Waals surface area (Å²) in [4.78, 5) is 7.84. The minimum Gasteiger partial charge on any atom is -0.233 e. The molecule has 0 N–H and O–H groups in total. The van der Waals surface area contributed by atoms with Crippen LogP contribution in [-0.2, 0) is 12.8 Å². The average Bonchev–Trinajstić information content (AvgIpc) is 2.33. The van der Waals surface area contributed by atoms with Crippen molar-refractivity contribution in [3.8, 4) is 0 Å². The number of aryl methyl sites for hydroxylation is 2. The highest BCUT2D eigenvalue weighted by Gasteiger charge is 2.10. The van der Waals surface area contributed by atoms with Crippen LogP contribution in [0.1, 0.15) is 17.7 Å². The Morgan fingerprint density at radius 1 is 1.44 bits per heavy atom. The molecule has 1 aromatic rings. The summed E-state index contributed by atoms with van der Waals surface area (Å²) in [6.07, 6.45) is 7.98. The highest BCUT2D eigenvalue weighted by Crippen LogP contribution is 2.16. The lowest BCUT2D eigenvalue weighted by atomic mass is 10.3. The average molecular weight is 119 g/mol. The highest BCUT2D eigenvalue weighted by atomic mass is 14.8. The number of aromatic nitrogens is 2. The quantitative estimate of drug-likeness (QED) is 0.504. The molecule has 1 aliphatic rings. The summed E-state index contributed by atoms with van der Waals surface area (Å²) in [5, 5.41) is 0. The van der Waals surface area contributed by atoms with Gasteiger partial charge in [0.25, 0.3) is 0 Å². The van der Waals surface area contributed by atoms with Gasteiger partial charge in [0.2, 0.25) is 0 Å². The standard InChI is InChI=1S/C7H7N2/c1-2-6-4-8-5-9-7(6)3-1/h4H,1-3H2. The first kappa shape index (κ1) is 4.91. The van der Waals surface area contributed by atoms with Crippen LogP contribution >= 0.6 is 0 Å². The molecular weight excluding hydrogens is 112 g/mol. The van der Waals surface area contributed by atoms with Gasteiger partial charge in [-0.25, -0.2) is 9.97 Å². The Labute approximate surface area is 54.0 Å². The van der Waals surface area contributed by atoms with Gasteiger partial charge in [0.15, 0.2) is 6.33 Å². The monoisotopic (exact) mass is 119 g/mol. The highest BCUT2D eigenvalue weighted by molar-refractivity contribution is 5.20. The number of nitrogens with zero attached hydrogens (tertiary/aromatic N) is 2. The van der Waals surface area contributed by atoms with Crippen molar-refractivity contribution in [3.05, 3.63) is 23.8 Å². The van der Waals surface area contributed by atoms with Crippen LogP contribution in [0.5, 0.6) is 0 Å². The van der Waals surface area contributed by atoms with Crippen molar-refractivity contribution >= 4 is 0 Å². The topological polar surface area (TPSA) is 25.8 Å². The van der Waals surface area contributed by atoms with Crippen molar-refractivity contribution in [2.24, 2.45) is 0 Å². The Morgan fingerprint density at radius 3 is 3.33 bits per heavy atom. The molecule has 0 bridgehead atoms. The van der Waals surface area contributed by atoms with Crippen LogP contribution in [0.3, 0.4) is 0 Å². The Morgan fingerprint density at radius 2 is 2.44 bits per heavy atom. The van der Waals surface area contributed by atoms with E-state index in [1.54, 1.807) is 0 Å². The Bertz CT molecular complexity index is 197. The van der Waals surface area contributed by atoms with Gasteiger partial charge in [-0.3, -0.25) is 0 Å².